The van der Waals surface area contributed by atoms with Crippen molar-refractivity contribution < 1.29 is 14.3 Å². The summed E-state index contributed by atoms with van der Waals surface area (Å²) in [6.45, 7) is 2.14. The van der Waals surface area contributed by atoms with Gasteiger partial charge in [-0.15, -0.1) is 0 Å². The fraction of sp³-hybridized carbons (Fsp3) is 0.600. The van der Waals surface area contributed by atoms with Gasteiger partial charge < -0.3 is 20.7 Å². The molecule has 0 aliphatic heterocycles. The number of urea groups is 1. The summed E-state index contributed by atoms with van der Waals surface area (Å²) in [4.78, 5) is 23.5. The lowest BCUT2D eigenvalue weighted by molar-refractivity contribution is -0.121. The summed E-state index contributed by atoms with van der Waals surface area (Å²) < 4.78 is 5.57. The van der Waals surface area contributed by atoms with E-state index in [1.165, 1.54) is 19.3 Å². The number of hydrogen-bond donors (Lipinski definition) is 3. The number of ether oxygens (including phenoxy) is 1. The van der Waals surface area contributed by atoms with Crippen molar-refractivity contribution in [3.8, 4) is 0 Å². The third-order valence-electron chi connectivity index (χ3n) is 4.48. The molecule has 0 heterocycles. The van der Waals surface area contributed by atoms with Crippen molar-refractivity contribution in [1.29, 1.82) is 0 Å². The normalized spacial score (nSPS) is 14.6. The van der Waals surface area contributed by atoms with Crippen LogP contribution in [0.5, 0.6) is 0 Å². The van der Waals surface area contributed by atoms with Gasteiger partial charge in [0.1, 0.15) is 0 Å². The first-order valence-corrected chi connectivity index (χ1v) is 9.67. The van der Waals surface area contributed by atoms with Gasteiger partial charge in [0.15, 0.2) is 0 Å². The summed E-state index contributed by atoms with van der Waals surface area (Å²) in [5.41, 5.74) is 1.15. The van der Waals surface area contributed by atoms with Gasteiger partial charge in [-0.25, -0.2) is 4.79 Å². The first kappa shape index (κ1) is 20.2. The van der Waals surface area contributed by atoms with E-state index in [4.69, 9.17) is 4.74 Å². The average molecular weight is 361 g/mol. The van der Waals surface area contributed by atoms with Crippen molar-refractivity contribution in [3.63, 3.8) is 0 Å². The summed E-state index contributed by atoms with van der Waals surface area (Å²) in [7, 11) is 0. The highest BCUT2D eigenvalue weighted by Crippen LogP contribution is 2.17. The van der Waals surface area contributed by atoms with E-state index < -0.39 is 0 Å². The van der Waals surface area contributed by atoms with Crippen LogP contribution >= 0.6 is 0 Å². The lowest BCUT2D eigenvalue weighted by Crippen LogP contribution is -2.43. The fourth-order valence-corrected chi connectivity index (χ4v) is 3.03. The highest BCUT2D eigenvalue weighted by atomic mass is 16.5. The van der Waals surface area contributed by atoms with Gasteiger partial charge in [0.2, 0.25) is 5.91 Å². The maximum Gasteiger partial charge on any atom is 0.315 e. The predicted octanol–water partition coefficient (Wildman–Crippen LogP) is 2.73. The van der Waals surface area contributed by atoms with Gasteiger partial charge in [0.25, 0.3) is 0 Å². The van der Waals surface area contributed by atoms with Crippen LogP contribution in [0.15, 0.2) is 30.3 Å². The Kier molecular flexibility index (Phi) is 9.57. The Morgan fingerprint density at radius 3 is 2.54 bits per heavy atom. The third kappa shape index (κ3) is 8.85. The average Bonchev–Trinajstić information content (AvgIpc) is 2.66. The third-order valence-corrected chi connectivity index (χ3v) is 4.48. The van der Waals surface area contributed by atoms with E-state index in [0.29, 0.717) is 32.7 Å². The molecule has 6 nitrogen and oxygen atoms in total. The second-order valence-corrected chi connectivity index (χ2v) is 6.73. The predicted molar refractivity (Wildman–Crippen MR) is 102 cm³/mol. The maximum atomic E-state index is 11.8. The quantitative estimate of drug-likeness (QED) is 0.561. The molecule has 1 aromatic rings. The summed E-state index contributed by atoms with van der Waals surface area (Å²) in [6.07, 6.45) is 6.81. The molecule has 1 fully saturated rings. The molecule has 26 heavy (non-hydrogen) atoms. The van der Waals surface area contributed by atoms with Crippen LogP contribution in [-0.4, -0.2) is 37.7 Å². The van der Waals surface area contributed by atoms with Crippen molar-refractivity contribution in [2.75, 3.05) is 19.7 Å². The monoisotopic (exact) mass is 361 g/mol. The summed E-state index contributed by atoms with van der Waals surface area (Å²) in [5, 5.41) is 8.57. The van der Waals surface area contributed by atoms with E-state index in [0.717, 1.165) is 24.8 Å². The Morgan fingerprint density at radius 2 is 1.77 bits per heavy atom. The molecule has 0 spiro atoms. The molecule has 0 bridgehead atoms. The molecule has 1 aliphatic carbocycles. The smallest absolute Gasteiger partial charge is 0.315 e. The van der Waals surface area contributed by atoms with Crippen LogP contribution in [0.25, 0.3) is 0 Å². The highest BCUT2D eigenvalue weighted by Gasteiger charge is 2.15. The molecule has 0 atom stereocenters. The fourth-order valence-electron chi connectivity index (χ4n) is 3.03. The van der Waals surface area contributed by atoms with Crippen molar-refractivity contribution >= 4 is 11.9 Å². The van der Waals surface area contributed by atoms with Crippen LogP contribution < -0.4 is 16.0 Å². The van der Waals surface area contributed by atoms with Gasteiger partial charge in [0.05, 0.1) is 6.61 Å². The standard InChI is InChI=1S/C20H31N3O3/c24-19(12-14-22-20(25)23-18-10-5-2-6-11-18)21-13-7-15-26-16-17-8-3-1-4-9-17/h1,3-4,8-9,18H,2,5-7,10-16H2,(H,21,24)(H2,22,23,25). The Hall–Kier alpha value is -2.08. The zero-order chi connectivity index (χ0) is 18.5. The SMILES string of the molecule is O=C(CCNC(=O)NC1CCCCC1)NCCCOCc1ccccc1. The van der Waals surface area contributed by atoms with Gasteiger partial charge in [-0.2, -0.15) is 0 Å². The van der Waals surface area contributed by atoms with Crippen LogP contribution in [0.2, 0.25) is 0 Å². The van der Waals surface area contributed by atoms with E-state index in [1.54, 1.807) is 0 Å². The van der Waals surface area contributed by atoms with Gasteiger partial charge >= 0.3 is 6.03 Å². The van der Waals surface area contributed by atoms with E-state index >= 15 is 0 Å². The minimum absolute atomic E-state index is 0.0500. The second kappa shape index (κ2) is 12.3. The Morgan fingerprint density at radius 1 is 1.00 bits per heavy atom. The molecule has 3 amide bonds. The highest BCUT2D eigenvalue weighted by molar-refractivity contribution is 5.78. The van der Waals surface area contributed by atoms with Crippen molar-refractivity contribution in [3.05, 3.63) is 35.9 Å². The molecule has 0 aromatic heterocycles. The Labute approximate surface area is 156 Å². The molecule has 3 N–H and O–H groups in total. The van der Waals surface area contributed by atoms with Crippen LogP contribution in [-0.2, 0) is 16.1 Å². The van der Waals surface area contributed by atoms with E-state index in [9.17, 15) is 9.59 Å². The van der Waals surface area contributed by atoms with Crippen molar-refractivity contribution in [1.82, 2.24) is 16.0 Å². The van der Waals surface area contributed by atoms with Crippen LogP contribution in [0.3, 0.4) is 0 Å². The second-order valence-electron chi connectivity index (χ2n) is 6.73. The Balaban J connectivity index is 1.41. The lowest BCUT2D eigenvalue weighted by atomic mass is 9.96. The first-order chi connectivity index (χ1) is 12.7. The van der Waals surface area contributed by atoms with Gasteiger partial charge in [-0.05, 0) is 24.8 Å². The van der Waals surface area contributed by atoms with E-state index in [2.05, 4.69) is 16.0 Å². The largest absolute Gasteiger partial charge is 0.377 e. The minimum atomic E-state index is -0.168. The van der Waals surface area contributed by atoms with Gasteiger partial charge in [-0.1, -0.05) is 49.6 Å². The first-order valence-electron chi connectivity index (χ1n) is 9.67. The molecule has 1 aromatic carbocycles. The molecule has 0 unspecified atom stereocenters. The van der Waals surface area contributed by atoms with Crippen molar-refractivity contribution in [2.45, 2.75) is 57.6 Å². The van der Waals surface area contributed by atoms with Crippen molar-refractivity contribution in [2.24, 2.45) is 0 Å². The van der Waals surface area contributed by atoms with E-state index in [-0.39, 0.29) is 18.0 Å². The number of benzene rings is 1. The molecule has 6 heteroatoms. The number of carbonyl (C=O) groups excluding carboxylic acids is 2. The number of nitrogens with one attached hydrogen (secondary N) is 3. The lowest BCUT2D eigenvalue weighted by Gasteiger charge is -2.22. The molecular formula is C20H31N3O3. The molecule has 2 rings (SSSR count). The molecule has 1 aliphatic rings. The summed E-state index contributed by atoms with van der Waals surface area (Å²) in [6, 6.07) is 10.1. The van der Waals surface area contributed by atoms with Gasteiger partial charge in [-0.3, -0.25) is 4.79 Å². The zero-order valence-corrected chi connectivity index (χ0v) is 15.5. The minimum Gasteiger partial charge on any atom is -0.377 e. The topological polar surface area (TPSA) is 79.5 Å². The molecule has 0 saturated heterocycles. The molecule has 1 saturated carbocycles. The number of rotatable bonds is 10. The molecule has 0 radical (unpaired) electrons. The zero-order valence-electron chi connectivity index (χ0n) is 15.5. The van der Waals surface area contributed by atoms with Crippen LogP contribution in [0.4, 0.5) is 4.79 Å². The Bertz CT molecular complexity index is 530. The van der Waals surface area contributed by atoms with Crippen LogP contribution in [0.1, 0.15) is 50.5 Å². The van der Waals surface area contributed by atoms with Gasteiger partial charge in [0, 0.05) is 32.2 Å². The molecular weight excluding hydrogens is 330 g/mol. The van der Waals surface area contributed by atoms with Crippen LogP contribution in [0, 0.1) is 0 Å². The number of amides is 3. The summed E-state index contributed by atoms with van der Waals surface area (Å²) in [5.74, 6) is -0.0500. The maximum absolute atomic E-state index is 11.8. The number of carbonyl (C=O) groups is 2. The summed E-state index contributed by atoms with van der Waals surface area (Å²) >= 11 is 0. The molecule has 144 valence electrons. The number of hydrogen-bond acceptors (Lipinski definition) is 3. The van der Waals surface area contributed by atoms with E-state index in [1.807, 2.05) is 30.3 Å².